The first-order chi connectivity index (χ1) is 9.51. The number of nitrogens with zero attached hydrogens (tertiary/aromatic N) is 3. The molecule has 0 aliphatic carbocycles. The Balaban J connectivity index is 1.87. The van der Waals surface area contributed by atoms with E-state index in [9.17, 15) is 0 Å². The van der Waals surface area contributed by atoms with Gasteiger partial charge >= 0.3 is 129 Å². The molecule has 106 valence electrons. The molecule has 3 heterocycles. The van der Waals surface area contributed by atoms with E-state index in [4.69, 9.17) is 9.72 Å². The third-order valence-corrected chi connectivity index (χ3v) is 6.90. The summed E-state index contributed by atoms with van der Waals surface area (Å²) in [5, 5.41) is 0. The SMILES string of the molecule is C[C](C)(C)[Sn][c]1cnc2nc(C3CCOCC3)[nH]c2n1. The van der Waals surface area contributed by atoms with Gasteiger partial charge in [0.25, 0.3) is 0 Å². The van der Waals surface area contributed by atoms with Gasteiger partial charge in [0.05, 0.1) is 0 Å². The molecule has 2 radical (unpaired) electrons. The Hall–Kier alpha value is -0.691. The predicted octanol–water partition coefficient (Wildman–Crippen LogP) is 1.79. The van der Waals surface area contributed by atoms with Gasteiger partial charge in [-0.15, -0.1) is 0 Å². The summed E-state index contributed by atoms with van der Waals surface area (Å²) in [5.74, 6) is 1.49. The van der Waals surface area contributed by atoms with Gasteiger partial charge in [0.1, 0.15) is 0 Å². The molecule has 0 saturated carbocycles. The molecule has 0 spiro atoms. The van der Waals surface area contributed by atoms with Crippen LogP contribution >= 0.6 is 0 Å². The molecule has 0 bridgehead atoms. The van der Waals surface area contributed by atoms with E-state index in [0.717, 1.165) is 43.2 Å². The van der Waals surface area contributed by atoms with Crippen molar-refractivity contribution in [3.8, 4) is 0 Å². The van der Waals surface area contributed by atoms with E-state index in [1.54, 1.807) is 0 Å². The molecule has 1 aliphatic rings. The van der Waals surface area contributed by atoms with Crippen LogP contribution < -0.4 is 3.71 Å². The van der Waals surface area contributed by atoms with Gasteiger partial charge in [-0.05, 0) is 0 Å². The average molecular weight is 379 g/mol. The number of hydrogen-bond acceptors (Lipinski definition) is 4. The Kier molecular flexibility index (Phi) is 3.99. The van der Waals surface area contributed by atoms with E-state index in [-0.39, 0.29) is 0 Å². The number of aromatic nitrogens is 4. The molecule has 5 nitrogen and oxygen atoms in total. The minimum absolute atomic E-state index is 0.384. The molecular weight excluding hydrogens is 359 g/mol. The summed E-state index contributed by atoms with van der Waals surface area (Å²) in [7, 11) is 0. The van der Waals surface area contributed by atoms with Crippen molar-refractivity contribution in [2.45, 2.75) is 43.0 Å². The summed E-state index contributed by atoms with van der Waals surface area (Å²) in [6.45, 7) is 8.50. The van der Waals surface area contributed by atoms with Crippen molar-refractivity contribution in [2.75, 3.05) is 13.2 Å². The molecule has 1 aliphatic heterocycles. The summed E-state index contributed by atoms with van der Waals surface area (Å²) in [6, 6.07) is 0. The normalized spacial score (nSPS) is 17.8. The van der Waals surface area contributed by atoms with Crippen LogP contribution in [0.15, 0.2) is 6.20 Å². The van der Waals surface area contributed by atoms with Crippen LogP contribution in [0.3, 0.4) is 0 Å². The van der Waals surface area contributed by atoms with Crippen LogP contribution in [-0.4, -0.2) is 54.3 Å². The maximum atomic E-state index is 5.40. The van der Waals surface area contributed by atoms with E-state index in [2.05, 4.69) is 35.7 Å². The van der Waals surface area contributed by atoms with Gasteiger partial charge < -0.3 is 0 Å². The maximum absolute atomic E-state index is 5.40. The molecule has 1 N–H and O–H groups in total. The Morgan fingerprint density at radius 3 is 2.70 bits per heavy atom. The zero-order valence-corrected chi connectivity index (χ0v) is 15.1. The van der Waals surface area contributed by atoms with E-state index < -0.39 is 21.1 Å². The van der Waals surface area contributed by atoms with Crippen LogP contribution in [0.25, 0.3) is 11.3 Å². The second-order valence-corrected chi connectivity index (χ2v) is 12.8. The van der Waals surface area contributed by atoms with Gasteiger partial charge in [0.2, 0.25) is 0 Å². The van der Waals surface area contributed by atoms with Crippen LogP contribution in [-0.2, 0) is 4.74 Å². The van der Waals surface area contributed by atoms with Crippen LogP contribution in [0, 0.1) is 0 Å². The predicted molar refractivity (Wildman–Crippen MR) is 79.6 cm³/mol. The number of nitrogens with one attached hydrogen (secondary N) is 1. The molecule has 1 fully saturated rings. The van der Waals surface area contributed by atoms with E-state index >= 15 is 0 Å². The second kappa shape index (κ2) is 5.60. The molecule has 2 aromatic heterocycles. The number of aromatic amines is 1. The Morgan fingerprint density at radius 2 is 2.00 bits per heavy atom. The molecule has 3 rings (SSSR count). The van der Waals surface area contributed by atoms with Crippen LogP contribution in [0.1, 0.15) is 45.4 Å². The molecule has 0 unspecified atom stereocenters. The molecule has 2 aromatic rings. The average Bonchev–Trinajstić information content (AvgIpc) is 2.81. The van der Waals surface area contributed by atoms with Crippen LogP contribution in [0.5, 0.6) is 0 Å². The number of imidazole rings is 1. The monoisotopic (exact) mass is 380 g/mol. The Morgan fingerprint density at radius 1 is 1.25 bits per heavy atom. The zero-order chi connectivity index (χ0) is 14.2. The fourth-order valence-corrected chi connectivity index (χ4v) is 5.46. The van der Waals surface area contributed by atoms with E-state index in [1.807, 2.05) is 6.20 Å². The standard InChI is InChI=1S/C10H11N4O.C4H9.Sn/c1-5-15-6-2-7(1)8-13-9-10(14-8)12-4-3-11-9;1-4(2)3;/h3,7H,1-2,5-6H2,(H,11,12,13,14);1-3H3;. The van der Waals surface area contributed by atoms with Crippen molar-refractivity contribution in [2.24, 2.45) is 0 Å². The number of hydrogen-bond donors (Lipinski definition) is 1. The number of H-pyrrole nitrogens is 1. The summed E-state index contributed by atoms with van der Waals surface area (Å²) in [5.41, 5.74) is 1.61. The zero-order valence-electron chi connectivity index (χ0n) is 12.2. The summed E-state index contributed by atoms with van der Waals surface area (Å²) < 4.78 is 6.98. The Bertz CT molecular complexity index is 599. The minimum atomic E-state index is -0.715. The molecular formula is C14H20N4OSn. The van der Waals surface area contributed by atoms with E-state index in [0.29, 0.717) is 9.35 Å². The Labute approximate surface area is 129 Å². The van der Waals surface area contributed by atoms with Gasteiger partial charge in [0, 0.05) is 0 Å². The first kappa shape index (κ1) is 14.3. The summed E-state index contributed by atoms with van der Waals surface area (Å²) in [4.78, 5) is 17.2. The fraction of sp³-hybridized carbons (Fsp3) is 0.643. The second-order valence-electron chi connectivity index (χ2n) is 6.31. The van der Waals surface area contributed by atoms with Gasteiger partial charge in [0.15, 0.2) is 0 Å². The summed E-state index contributed by atoms with van der Waals surface area (Å²) in [6.07, 6.45) is 3.99. The van der Waals surface area contributed by atoms with Gasteiger partial charge in [-0.1, -0.05) is 0 Å². The van der Waals surface area contributed by atoms with Crippen molar-refractivity contribution < 1.29 is 4.74 Å². The summed E-state index contributed by atoms with van der Waals surface area (Å²) >= 11 is -0.715. The first-order valence-electron chi connectivity index (χ1n) is 7.10. The molecule has 20 heavy (non-hydrogen) atoms. The van der Waals surface area contributed by atoms with Gasteiger partial charge in [-0.25, -0.2) is 0 Å². The number of ether oxygens (including phenoxy) is 1. The quantitative estimate of drug-likeness (QED) is 0.809. The third kappa shape index (κ3) is 3.31. The van der Waals surface area contributed by atoms with Gasteiger partial charge in [-0.2, -0.15) is 0 Å². The first-order valence-corrected chi connectivity index (χ1v) is 9.95. The van der Waals surface area contributed by atoms with Crippen LogP contribution in [0.2, 0.25) is 3.43 Å². The van der Waals surface area contributed by atoms with Crippen molar-refractivity contribution in [1.82, 2.24) is 19.9 Å². The van der Waals surface area contributed by atoms with Crippen molar-refractivity contribution in [3.05, 3.63) is 12.0 Å². The number of fused-ring (bicyclic) bond motifs is 1. The molecule has 0 amide bonds. The number of rotatable bonds is 2. The molecule has 1 saturated heterocycles. The van der Waals surface area contributed by atoms with Gasteiger partial charge in [-0.3, -0.25) is 0 Å². The van der Waals surface area contributed by atoms with Crippen molar-refractivity contribution >= 4 is 36.1 Å². The topological polar surface area (TPSA) is 63.7 Å². The third-order valence-electron chi connectivity index (χ3n) is 3.34. The van der Waals surface area contributed by atoms with Crippen molar-refractivity contribution in [1.29, 1.82) is 0 Å². The molecule has 0 aromatic carbocycles. The fourth-order valence-electron chi connectivity index (χ4n) is 2.42. The van der Waals surface area contributed by atoms with Crippen molar-refractivity contribution in [3.63, 3.8) is 0 Å². The molecule has 6 heteroatoms. The van der Waals surface area contributed by atoms with Crippen LogP contribution in [0.4, 0.5) is 0 Å². The molecule has 0 atom stereocenters. The van der Waals surface area contributed by atoms with E-state index in [1.165, 1.54) is 3.71 Å².